The summed E-state index contributed by atoms with van der Waals surface area (Å²) in [6, 6.07) is 7.20. The van der Waals surface area contributed by atoms with E-state index >= 15 is 0 Å². The van der Waals surface area contributed by atoms with Crippen molar-refractivity contribution in [3.63, 3.8) is 0 Å². The Bertz CT molecular complexity index is 575. The Balaban J connectivity index is 0.00000133. The van der Waals surface area contributed by atoms with E-state index in [1.54, 1.807) is 18.3 Å². The number of aromatic nitrogens is 1. The van der Waals surface area contributed by atoms with Crippen molar-refractivity contribution in [2.75, 3.05) is 6.54 Å². The van der Waals surface area contributed by atoms with Crippen molar-refractivity contribution in [3.8, 4) is 11.5 Å². The van der Waals surface area contributed by atoms with Crippen LogP contribution in [0.15, 0.2) is 36.7 Å². The van der Waals surface area contributed by atoms with Crippen LogP contribution < -0.4 is 17.7 Å². The molecule has 1 aromatic heterocycles. The topological polar surface area (TPSA) is 65.4 Å². The summed E-state index contributed by atoms with van der Waals surface area (Å²) in [6.45, 7) is 0.844. The van der Waals surface area contributed by atoms with E-state index in [0.29, 0.717) is 0 Å². The number of hydrogen-bond donors (Lipinski definition) is 3. The summed E-state index contributed by atoms with van der Waals surface area (Å²) in [6.07, 6.45) is 4.40. The van der Waals surface area contributed by atoms with Gasteiger partial charge in [0.1, 0.15) is 0 Å². The number of fused-ring (bicyclic) bond motifs is 1. The number of nitrogens with one attached hydrogen (secondary N) is 1. The number of nitrogens with zero attached hydrogens (tertiary/aromatic N) is 1. The monoisotopic (exact) mass is 277 g/mol. The third-order valence-corrected chi connectivity index (χ3v) is 3.31. The molecule has 0 aliphatic carbocycles. The Morgan fingerprint density at radius 2 is 2.00 bits per heavy atom. The molecular formula is C14H14ClN2O2-. The van der Waals surface area contributed by atoms with Crippen LogP contribution in [0.1, 0.15) is 22.7 Å². The van der Waals surface area contributed by atoms with E-state index in [4.69, 9.17) is 0 Å². The summed E-state index contributed by atoms with van der Waals surface area (Å²) in [5.41, 5.74) is 3.13. The predicted octanol–water partition coefficient (Wildman–Crippen LogP) is -1.27. The average Bonchev–Trinajstić information content (AvgIpc) is 2.40. The van der Waals surface area contributed by atoms with Gasteiger partial charge in [0.2, 0.25) is 0 Å². The quantitative estimate of drug-likeness (QED) is 0.569. The Hall–Kier alpha value is -1.78. The minimum Gasteiger partial charge on any atom is -1.00 e. The first-order valence-electron chi connectivity index (χ1n) is 5.94. The average molecular weight is 278 g/mol. The first-order chi connectivity index (χ1) is 8.75. The van der Waals surface area contributed by atoms with Crippen molar-refractivity contribution < 1.29 is 22.6 Å². The van der Waals surface area contributed by atoms with Crippen molar-refractivity contribution in [2.24, 2.45) is 0 Å². The van der Waals surface area contributed by atoms with Crippen LogP contribution in [0, 0.1) is 0 Å². The van der Waals surface area contributed by atoms with Gasteiger partial charge < -0.3 is 27.9 Å². The number of pyridine rings is 1. The van der Waals surface area contributed by atoms with Crippen molar-refractivity contribution >= 4 is 0 Å². The van der Waals surface area contributed by atoms with Crippen molar-refractivity contribution in [3.05, 3.63) is 53.3 Å². The molecule has 0 fully saturated rings. The number of phenolic OH excluding ortho intramolecular Hbond substituents is 2. The number of phenols is 2. The summed E-state index contributed by atoms with van der Waals surface area (Å²) in [4.78, 5) is 4.12. The SMILES string of the molecule is Oc1cc2c(cc1O)C(c1cccnc1)NCC2.[Cl-]. The van der Waals surface area contributed by atoms with Crippen LogP contribution in [-0.4, -0.2) is 21.7 Å². The highest BCUT2D eigenvalue weighted by Crippen LogP contribution is 2.35. The van der Waals surface area contributed by atoms with E-state index in [9.17, 15) is 10.2 Å². The largest absolute Gasteiger partial charge is 1.00 e. The van der Waals surface area contributed by atoms with E-state index in [1.165, 1.54) is 0 Å². The zero-order chi connectivity index (χ0) is 12.5. The standard InChI is InChI=1S/C14H14N2O2.ClH/c17-12-6-9-3-5-16-14(11(9)7-13(12)18)10-2-1-4-15-8-10;/h1-2,4,6-8,14,16-18H,3,5H2;1H/p-1. The molecule has 1 aliphatic rings. The summed E-state index contributed by atoms with van der Waals surface area (Å²) < 4.78 is 0. The van der Waals surface area contributed by atoms with Crippen LogP contribution in [0.25, 0.3) is 0 Å². The molecule has 19 heavy (non-hydrogen) atoms. The van der Waals surface area contributed by atoms with Gasteiger partial charge in [-0.1, -0.05) is 6.07 Å². The highest BCUT2D eigenvalue weighted by molar-refractivity contribution is 5.49. The van der Waals surface area contributed by atoms with Crippen molar-refractivity contribution in [2.45, 2.75) is 12.5 Å². The molecule has 0 saturated carbocycles. The number of aromatic hydroxyl groups is 2. The molecule has 4 nitrogen and oxygen atoms in total. The van der Waals surface area contributed by atoms with Gasteiger partial charge >= 0.3 is 0 Å². The summed E-state index contributed by atoms with van der Waals surface area (Å²) >= 11 is 0. The lowest BCUT2D eigenvalue weighted by Crippen LogP contribution is -3.00. The van der Waals surface area contributed by atoms with Crippen LogP contribution in [0.2, 0.25) is 0 Å². The van der Waals surface area contributed by atoms with Gasteiger partial charge in [-0.25, -0.2) is 0 Å². The molecule has 0 bridgehead atoms. The van der Waals surface area contributed by atoms with Gasteiger partial charge in [-0.3, -0.25) is 4.98 Å². The van der Waals surface area contributed by atoms with Gasteiger partial charge in [0, 0.05) is 18.9 Å². The molecule has 1 unspecified atom stereocenters. The van der Waals surface area contributed by atoms with Gasteiger partial charge in [0.05, 0.1) is 6.04 Å². The number of rotatable bonds is 1. The highest BCUT2D eigenvalue weighted by atomic mass is 35.5. The fourth-order valence-electron chi connectivity index (χ4n) is 2.43. The number of hydrogen-bond acceptors (Lipinski definition) is 4. The third-order valence-electron chi connectivity index (χ3n) is 3.31. The molecular weight excluding hydrogens is 264 g/mol. The molecule has 1 aromatic carbocycles. The number of halogens is 1. The van der Waals surface area contributed by atoms with Gasteiger partial charge in [-0.2, -0.15) is 0 Å². The molecule has 1 aliphatic heterocycles. The minimum atomic E-state index is -0.0775. The fourth-order valence-corrected chi connectivity index (χ4v) is 2.43. The molecule has 0 saturated heterocycles. The molecule has 3 rings (SSSR count). The molecule has 100 valence electrons. The van der Waals surface area contributed by atoms with Crippen molar-refractivity contribution in [1.29, 1.82) is 0 Å². The summed E-state index contributed by atoms with van der Waals surface area (Å²) in [7, 11) is 0. The molecule has 0 radical (unpaired) electrons. The van der Waals surface area contributed by atoms with Crippen LogP contribution in [0.4, 0.5) is 0 Å². The lowest BCUT2D eigenvalue weighted by molar-refractivity contribution is -0.00000547. The molecule has 1 atom stereocenters. The van der Waals surface area contributed by atoms with E-state index < -0.39 is 0 Å². The normalized spacial score (nSPS) is 17.4. The molecule has 0 spiro atoms. The lowest BCUT2D eigenvalue weighted by atomic mass is 9.90. The Morgan fingerprint density at radius 3 is 2.74 bits per heavy atom. The van der Waals surface area contributed by atoms with Crippen molar-refractivity contribution in [1.82, 2.24) is 10.3 Å². The van der Waals surface area contributed by atoms with E-state index in [0.717, 1.165) is 29.7 Å². The van der Waals surface area contributed by atoms with E-state index in [-0.39, 0.29) is 29.9 Å². The fraction of sp³-hybridized carbons (Fsp3) is 0.214. The summed E-state index contributed by atoms with van der Waals surface area (Å²) in [5, 5.41) is 22.6. The van der Waals surface area contributed by atoms with Crippen LogP contribution in [0.5, 0.6) is 11.5 Å². The molecule has 3 N–H and O–H groups in total. The van der Waals surface area contributed by atoms with Crippen LogP contribution in [0.3, 0.4) is 0 Å². The molecule has 2 heterocycles. The van der Waals surface area contributed by atoms with Crippen LogP contribution >= 0.6 is 0 Å². The maximum atomic E-state index is 9.65. The molecule has 0 amide bonds. The Morgan fingerprint density at radius 1 is 1.21 bits per heavy atom. The minimum absolute atomic E-state index is 0. The van der Waals surface area contributed by atoms with E-state index in [1.807, 2.05) is 18.3 Å². The maximum Gasteiger partial charge on any atom is 0.157 e. The maximum absolute atomic E-state index is 9.65. The lowest BCUT2D eigenvalue weighted by Gasteiger charge is -2.27. The molecule has 5 heteroatoms. The highest BCUT2D eigenvalue weighted by Gasteiger charge is 2.23. The zero-order valence-electron chi connectivity index (χ0n) is 10.2. The summed E-state index contributed by atoms with van der Waals surface area (Å²) in [5.74, 6) is -0.132. The number of benzene rings is 1. The molecule has 2 aromatic rings. The van der Waals surface area contributed by atoms with Gasteiger partial charge in [-0.15, -0.1) is 0 Å². The third kappa shape index (κ3) is 2.50. The second-order valence-electron chi connectivity index (χ2n) is 4.46. The van der Waals surface area contributed by atoms with Crippen LogP contribution in [-0.2, 0) is 6.42 Å². The van der Waals surface area contributed by atoms with Gasteiger partial charge in [0.25, 0.3) is 0 Å². The second kappa shape index (κ2) is 5.47. The predicted molar refractivity (Wildman–Crippen MR) is 67.6 cm³/mol. The van der Waals surface area contributed by atoms with E-state index in [2.05, 4.69) is 10.3 Å². The first-order valence-corrected chi connectivity index (χ1v) is 5.94. The smallest absolute Gasteiger partial charge is 0.157 e. The Kier molecular flexibility index (Phi) is 3.93. The zero-order valence-corrected chi connectivity index (χ0v) is 10.9. The van der Waals surface area contributed by atoms with Gasteiger partial charge in [0.15, 0.2) is 11.5 Å². The van der Waals surface area contributed by atoms with Gasteiger partial charge in [-0.05, 0) is 41.3 Å². The first kappa shape index (κ1) is 13.6. The second-order valence-corrected chi connectivity index (χ2v) is 4.46. The Labute approximate surface area is 117 Å².